The Morgan fingerprint density at radius 1 is 1.13 bits per heavy atom. The molecule has 0 spiro atoms. The second-order valence-corrected chi connectivity index (χ2v) is 7.60. The number of guanidine groups is 1. The van der Waals surface area contributed by atoms with E-state index in [0.29, 0.717) is 19.2 Å². The summed E-state index contributed by atoms with van der Waals surface area (Å²) in [6.45, 7) is 10.1. The van der Waals surface area contributed by atoms with Crippen LogP contribution in [0.15, 0.2) is 47.5 Å². The van der Waals surface area contributed by atoms with E-state index in [1.807, 2.05) is 12.1 Å². The Labute approximate surface area is 196 Å². The maximum atomic E-state index is 6.05. The number of aliphatic imine (C=N–C) groups is 1. The number of rotatable bonds is 6. The van der Waals surface area contributed by atoms with Crippen LogP contribution in [-0.4, -0.2) is 80.9 Å². The van der Waals surface area contributed by atoms with Crippen LogP contribution in [0.3, 0.4) is 0 Å². The highest BCUT2D eigenvalue weighted by Crippen LogP contribution is 2.25. The van der Waals surface area contributed by atoms with Gasteiger partial charge >= 0.3 is 0 Å². The lowest BCUT2D eigenvalue weighted by atomic mass is 10.1. The molecule has 0 aliphatic carbocycles. The first kappa shape index (κ1) is 23.1. The molecule has 2 aromatic carbocycles. The average molecular weight is 524 g/mol. The number of halogens is 1. The number of benzene rings is 2. The third kappa shape index (κ3) is 5.76. The van der Waals surface area contributed by atoms with Crippen LogP contribution in [0.1, 0.15) is 13.3 Å². The molecular weight excluding hydrogens is 491 g/mol. The quantitative estimate of drug-likeness (QED) is 0.272. The van der Waals surface area contributed by atoms with E-state index < -0.39 is 0 Å². The zero-order valence-electron chi connectivity index (χ0n) is 17.8. The SMILES string of the molecule is CCNC(=NCCOc1cccc2ccccc12)N1CCC(N2CCOCC2)C1.I. The van der Waals surface area contributed by atoms with Crippen molar-refractivity contribution < 1.29 is 9.47 Å². The minimum Gasteiger partial charge on any atom is -0.491 e. The predicted octanol–water partition coefficient (Wildman–Crippen LogP) is 3.21. The fraction of sp³-hybridized carbons (Fsp3) is 0.522. The van der Waals surface area contributed by atoms with E-state index in [1.165, 1.54) is 11.8 Å². The van der Waals surface area contributed by atoms with E-state index in [9.17, 15) is 0 Å². The fourth-order valence-corrected chi connectivity index (χ4v) is 4.23. The highest BCUT2D eigenvalue weighted by Gasteiger charge is 2.30. The molecule has 2 saturated heterocycles. The first-order valence-electron chi connectivity index (χ1n) is 10.8. The highest BCUT2D eigenvalue weighted by atomic mass is 127. The Morgan fingerprint density at radius 3 is 2.77 bits per heavy atom. The summed E-state index contributed by atoms with van der Waals surface area (Å²) in [5.41, 5.74) is 0. The normalized spacial score (nSPS) is 20.2. The minimum atomic E-state index is 0. The van der Waals surface area contributed by atoms with Gasteiger partial charge < -0.3 is 19.7 Å². The molecule has 2 aliphatic heterocycles. The summed E-state index contributed by atoms with van der Waals surface area (Å²) < 4.78 is 11.5. The van der Waals surface area contributed by atoms with Crippen molar-refractivity contribution in [1.29, 1.82) is 0 Å². The van der Waals surface area contributed by atoms with Crippen LogP contribution in [0, 0.1) is 0 Å². The minimum absolute atomic E-state index is 0. The number of nitrogens with zero attached hydrogens (tertiary/aromatic N) is 3. The van der Waals surface area contributed by atoms with Gasteiger partial charge in [0.15, 0.2) is 5.96 Å². The first-order chi connectivity index (χ1) is 14.3. The molecule has 0 aromatic heterocycles. The Hall–Kier alpha value is -1.58. The summed E-state index contributed by atoms with van der Waals surface area (Å²) in [5, 5.41) is 5.81. The van der Waals surface area contributed by atoms with Crippen LogP contribution in [0.4, 0.5) is 0 Å². The van der Waals surface area contributed by atoms with Crippen LogP contribution in [0.2, 0.25) is 0 Å². The number of hydrogen-bond acceptors (Lipinski definition) is 4. The second kappa shape index (κ2) is 11.7. The van der Waals surface area contributed by atoms with Gasteiger partial charge in [0.2, 0.25) is 0 Å². The van der Waals surface area contributed by atoms with Gasteiger partial charge in [-0.2, -0.15) is 0 Å². The number of hydrogen-bond donors (Lipinski definition) is 1. The Morgan fingerprint density at radius 2 is 1.93 bits per heavy atom. The Kier molecular flexibility index (Phi) is 9.02. The van der Waals surface area contributed by atoms with Crippen molar-refractivity contribution >= 4 is 40.7 Å². The lowest BCUT2D eigenvalue weighted by Gasteiger charge is -2.32. The Balaban J connectivity index is 0.00000256. The van der Waals surface area contributed by atoms with Crippen molar-refractivity contribution in [3.8, 4) is 5.75 Å². The molecule has 4 rings (SSSR count). The van der Waals surface area contributed by atoms with Crippen LogP contribution in [0.25, 0.3) is 10.8 Å². The zero-order chi connectivity index (χ0) is 19.9. The van der Waals surface area contributed by atoms with Gasteiger partial charge in [-0.25, -0.2) is 4.99 Å². The zero-order valence-corrected chi connectivity index (χ0v) is 20.1. The lowest BCUT2D eigenvalue weighted by molar-refractivity contribution is 0.0195. The number of fused-ring (bicyclic) bond motifs is 1. The van der Waals surface area contributed by atoms with Gasteiger partial charge in [0, 0.05) is 44.2 Å². The monoisotopic (exact) mass is 524 g/mol. The molecule has 2 fully saturated rings. The van der Waals surface area contributed by atoms with Crippen LogP contribution in [0.5, 0.6) is 5.75 Å². The summed E-state index contributed by atoms with van der Waals surface area (Å²) in [5.74, 6) is 1.93. The molecule has 7 heteroatoms. The van der Waals surface area contributed by atoms with E-state index in [0.717, 1.165) is 63.0 Å². The summed E-state index contributed by atoms with van der Waals surface area (Å²) in [6, 6.07) is 15.1. The van der Waals surface area contributed by atoms with E-state index in [2.05, 4.69) is 52.4 Å². The molecule has 6 nitrogen and oxygen atoms in total. The highest BCUT2D eigenvalue weighted by molar-refractivity contribution is 14.0. The molecule has 1 N–H and O–H groups in total. The third-order valence-electron chi connectivity index (χ3n) is 5.72. The molecule has 30 heavy (non-hydrogen) atoms. The topological polar surface area (TPSA) is 49.3 Å². The molecule has 1 unspecified atom stereocenters. The van der Waals surface area contributed by atoms with Crippen molar-refractivity contribution in [2.24, 2.45) is 4.99 Å². The molecule has 2 heterocycles. The molecule has 1 atom stereocenters. The smallest absolute Gasteiger partial charge is 0.194 e. The fourth-order valence-electron chi connectivity index (χ4n) is 4.23. The third-order valence-corrected chi connectivity index (χ3v) is 5.72. The molecule has 0 amide bonds. The largest absolute Gasteiger partial charge is 0.491 e. The van der Waals surface area contributed by atoms with Gasteiger partial charge in [-0.05, 0) is 24.8 Å². The van der Waals surface area contributed by atoms with Gasteiger partial charge in [-0.15, -0.1) is 24.0 Å². The van der Waals surface area contributed by atoms with E-state index in [1.54, 1.807) is 0 Å². The summed E-state index contributed by atoms with van der Waals surface area (Å²) >= 11 is 0. The molecule has 164 valence electrons. The average Bonchev–Trinajstić information content (AvgIpc) is 3.27. The van der Waals surface area contributed by atoms with Crippen molar-refractivity contribution in [2.75, 3.05) is 59.1 Å². The van der Waals surface area contributed by atoms with Crippen molar-refractivity contribution in [3.63, 3.8) is 0 Å². The molecule has 2 aliphatic rings. The van der Waals surface area contributed by atoms with Crippen LogP contribution >= 0.6 is 24.0 Å². The van der Waals surface area contributed by atoms with Gasteiger partial charge in [0.1, 0.15) is 12.4 Å². The first-order valence-corrected chi connectivity index (χ1v) is 10.8. The number of likely N-dealkylation sites (tertiary alicyclic amines) is 1. The van der Waals surface area contributed by atoms with Gasteiger partial charge in [0.05, 0.1) is 19.8 Å². The van der Waals surface area contributed by atoms with Crippen LogP contribution in [-0.2, 0) is 4.74 Å². The van der Waals surface area contributed by atoms with E-state index in [4.69, 9.17) is 14.5 Å². The van der Waals surface area contributed by atoms with E-state index >= 15 is 0 Å². The number of nitrogens with one attached hydrogen (secondary N) is 1. The standard InChI is InChI=1S/C23H32N4O2.HI/c1-2-24-23(27-12-10-20(18-27)26-13-16-28-17-14-26)25-11-15-29-22-9-5-7-19-6-3-4-8-21(19)22;/h3-9,20H,2,10-18H2,1H3,(H,24,25);1H. The summed E-state index contributed by atoms with van der Waals surface area (Å²) in [7, 11) is 0. The summed E-state index contributed by atoms with van der Waals surface area (Å²) in [6.07, 6.45) is 1.19. The van der Waals surface area contributed by atoms with Gasteiger partial charge in [-0.3, -0.25) is 4.90 Å². The molecule has 0 bridgehead atoms. The second-order valence-electron chi connectivity index (χ2n) is 7.60. The van der Waals surface area contributed by atoms with Crippen molar-refractivity contribution in [1.82, 2.24) is 15.1 Å². The number of morpholine rings is 1. The lowest BCUT2D eigenvalue weighted by Crippen LogP contribution is -2.46. The molecule has 0 saturated carbocycles. The molecule has 0 radical (unpaired) electrons. The summed E-state index contributed by atoms with van der Waals surface area (Å²) in [4.78, 5) is 9.79. The van der Waals surface area contributed by atoms with Gasteiger partial charge in [0.25, 0.3) is 0 Å². The van der Waals surface area contributed by atoms with Crippen molar-refractivity contribution in [2.45, 2.75) is 19.4 Å². The molecular formula is C23H33IN4O2. The Bertz CT molecular complexity index is 820. The number of ether oxygens (including phenoxy) is 2. The van der Waals surface area contributed by atoms with E-state index in [-0.39, 0.29) is 24.0 Å². The maximum absolute atomic E-state index is 6.05. The molecule has 2 aromatic rings. The van der Waals surface area contributed by atoms with Gasteiger partial charge in [-0.1, -0.05) is 36.4 Å². The predicted molar refractivity (Wildman–Crippen MR) is 133 cm³/mol. The van der Waals surface area contributed by atoms with Crippen molar-refractivity contribution in [3.05, 3.63) is 42.5 Å². The maximum Gasteiger partial charge on any atom is 0.194 e. The van der Waals surface area contributed by atoms with Crippen LogP contribution < -0.4 is 10.1 Å².